The zero-order valence-electron chi connectivity index (χ0n) is 16.8. The summed E-state index contributed by atoms with van der Waals surface area (Å²) < 4.78 is 7.44. The molecule has 1 aliphatic rings. The largest absolute Gasteiger partial charge is 0.365 e. The van der Waals surface area contributed by atoms with Gasteiger partial charge in [0, 0.05) is 38.8 Å². The second-order valence-electron chi connectivity index (χ2n) is 7.27. The summed E-state index contributed by atoms with van der Waals surface area (Å²) in [6.07, 6.45) is 0.890. The average molecular weight is 384 g/mol. The second-order valence-corrected chi connectivity index (χ2v) is 7.27. The van der Waals surface area contributed by atoms with Gasteiger partial charge in [0.2, 0.25) is 11.8 Å². The summed E-state index contributed by atoms with van der Waals surface area (Å²) in [7, 11) is 1.91. The van der Waals surface area contributed by atoms with Gasteiger partial charge in [-0.15, -0.1) is 0 Å². The summed E-state index contributed by atoms with van der Waals surface area (Å²) in [5.41, 5.74) is 4.28. The molecule has 0 bridgehead atoms. The number of carbonyl (C=O) groups excluding carboxylic acids is 2. The summed E-state index contributed by atoms with van der Waals surface area (Å²) in [6.45, 7) is 5.49. The molecule has 1 aromatic carbocycles. The quantitative estimate of drug-likeness (QED) is 0.785. The van der Waals surface area contributed by atoms with Gasteiger partial charge in [0.25, 0.3) is 0 Å². The highest BCUT2D eigenvalue weighted by Crippen LogP contribution is 2.14. The molecule has 7 heteroatoms. The van der Waals surface area contributed by atoms with Gasteiger partial charge < -0.3 is 15.0 Å². The number of morpholine rings is 1. The number of hydrogen-bond acceptors (Lipinski definition) is 4. The second kappa shape index (κ2) is 9.01. The van der Waals surface area contributed by atoms with Crippen LogP contribution in [0.15, 0.2) is 30.3 Å². The van der Waals surface area contributed by atoms with Crippen LogP contribution in [0.1, 0.15) is 28.9 Å². The van der Waals surface area contributed by atoms with E-state index in [1.54, 1.807) is 4.90 Å². The third-order valence-corrected chi connectivity index (χ3v) is 5.22. The zero-order valence-corrected chi connectivity index (χ0v) is 16.8. The maximum Gasteiger partial charge on any atom is 0.248 e. The SMILES string of the molecule is Cc1nn(C)c(C)c1CCC(=O)NCC1CN(Cc2ccccc2)C(=O)CO1. The molecule has 1 unspecified atom stereocenters. The van der Waals surface area contributed by atoms with Crippen LogP contribution in [0.5, 0.6) is 0 Å². The van der Waals surface area contributed by atoms with Crippen LogP contribution < -0.4 is 5.32 Å². The number of aryl methyl sites for hydroxylation is 2. The molecule has 7 nitrogen and oxygen atoms in total. The Labute approximate surface area is 165 Å². The highest BCUT2D eigenvalue weighted by Gasteiger charge is 2.26. The van der Waals surface area contributed by atoms with Gasteiger partial charge >= 0.3 is 0 Å². The molecule has 150 valence electrons. The van der Waals surface area contributed by atoms with Crippen LogP contribution in [0.25, 0.3) is 0 Å². The Morgan fingerprint density at radius 1 is 1.29 bits per heavy atom. The van der Waals surface area contributed by atoms with Gasteiger partial charge in [0.05, 0.1) is 11.8 Å². The topological polar surface area (TPSA) is 76.5 Å². The van der Waals surface area contributed by atoms with Crippen molar-refractivity contribution in [3.05, 3.63) is 52.8 Å². The van der Waals surface area contributed by atoms with Crippen LogP contribution in [0.4, 0.5) is 0 Å². The Bertz CT molecular complexity index is 832. The Morgan fingerprint density at radius 3 is 2.71 bits per heavy atom. The van der Waals surface area contributed by atoms with Crippen LogP contribution >= 0.6 is 0 Å². The molecule has 2 amide bonds. The van der Waals surface area contributed by atoms with Crippen molar-refractivity contribution in [1.82, 2.24) is 20.0 Å². The predicted octanol–water partition coefficient (Wildman–Crippen LogP) is 1.51. The Morgan fingerprint density at radius 2 is 2.04 bits per heavy atom. The van der Waals surface area contributed by atoms with Gasteiger partial charge in [-0.3, -0.25) is 14.3 Å². The van der Waals surface area contributed by atoms with Crippen molar-refractivity contribution in [2.45, 2.75) is 39.3 Å². The molecule has 1 saturated heterocycles. The van der Waals surface area contributed by atoms with E-state index in [0.29, 0.717) is 32.5 Å². The molecule has 1 fully saturated rings. The fourth-order valence-corrected chi connectivity index (χ4v) is 3.49. The molecule has 2 aromatic rings. The Kier molecular flexibility index (Phi) is 6.46. The summed E-state index contributed by atoms with van der Waals surface area (Å²) in [4.78, 5) is 26.2. The van der Waals surface area contributed by atoms with E-state index >= 15 is 0 Å². The first-order valence-corrected chi connectivity index (χ1v) is 9.63. The van der Waals surface area contributed by atoms with E-state index in [-0.39, 0.29) is 24.5 Å². The minimum atomic E-state index is -0.188. The zero-order chi connectivity index (χ0) is 20.1. The first-order chi connectivity index (χ1) is 13.4. The van der Waals surface area contributed by atoms with Crippen molar-refractivity contribution < 1.29 is 14.3 Å². The monoisotopic (exact) mass is 384 g/mol. The highest BCUT2D eigenvalue weighted by atomic mass is 16.5. The van der Waals surface area contributed by atoms with E-state index in [2.05, 4.69) is 10.4 Å². The van der Waals surface area contributed by atoms with Crippen molar-refractivity contribution in [1.29, 1.82) is 0 Å². The maximum absolute atomic E-state index is 12.3. The number of amides is 2. The first-order valence-electron chi connectivity index (χ1n) is 9.63. The van der Waals surface area contributed by atoms with Gasteiger partial charge in [-0.25, -0.2) is 0 Å². The number of rotatable bonds is 7. The predicted molar refractivity (Wildman–Crippen MR) is 106 cm³/mol. The van der Waals surface area contributed by atoms with Gasteiger partial charge in [-0.1, -0.05) is 30.3 Å². The summed E-state index contributed by atoms with van der Waals surface area (Å²) in [5, 5.41) is 7.32. The third-order valence-electron chi connectivity index (χ3n) is 5.22. The molecular weight excluding hydrogens is 356 g/mol. The number of nitrogens with one attached hydrogen (secondary N) is 1. The number of aromatic nitrogens is 2. The van der Waals surface area contributed by atoms with E-state index in [1.807, 2.05) is 55.9 Å². The molecular formula is C21H28N4O3. The Hall–Kier alpha value is -2.67. The number of ether oxygens (including phenoxy) is 1. The minimum Gasteiger partial charge on any atom is -0.365 e. The van der Waals surface area contributed by atoms with Crippen molar-refractivity contribution in [2.75, 3.05) is 19.7 Å². The van der Waals surface area contributed by atoms with Gasteiger partial charge in [0.1, 0.15) is 6.61 Å². The summed E-state index contributed by atoms with van der Waals surface area (Å²) in [6, 6.07) is 9.88. The highest BCUT2D eigenvalue weighted by molar-refractivity contribution is 5.78. The lowest BCUT2D eigenvalue weighted by molar-refractivity contribution is -0.149. The molecule has 0 radical (unpaired) electrons. The molecule has 1 aromatic heterocycles. The van der Waals surface area contributed by atoms with Crippen molar-refractivity contribution in [2.24, 2.45) is 7.05 Å². The average Bonchev–Trinajstić information content (AvgIpc) is 2.93. The van der Waals surface area contributed by atoms with Crippen LogP contribution in [-0.4, -0.2) is 52.3 Å². The van der Waals surface area contributed by atoms with Crippen LogP contribution in [0.3, 0.4) is 0 Å². The van der Waals surface area contributed by atoms with Crippen LogP contribution in [0, 0.1) is 13.8 Å². The van der Waals surface area contributed by atoms with Crippen molar-refractivity contribution in [3.63, 3.8) is 0 Å². The van der Waals surface area contributed by atoms with E-state index in [0.717, 1.165) is 22.5 Å². The van der Waals surface area contributed by atoms with E-state index in [9.17, 15) is 9.59 Å². The fraction of sp³-hybridized carbons (Fsp3) is 0.476. The molecule has 1 atom stereocenters. The van der Waals surface area contributed by atoms with Crippen LogP contribution in [0.2, 0.25) is 0 Å². The van der Waals surface area contributed by atoms with E-state index in [4.69, 9.17) is 4.74 Å². The smallest absolute Gasteiger partial charge is 0.248 e. The fourth-order valence-electron chi connectivity index (χ4n) is 3.49. The number of hydrogen-bond donors (Lipinski definition) is 1. The van der Waals surface area contributed by atoms with Gasteiger partial charge in [0.15, 0.2) is 0 Å². The maximum atomic E-state index is 12.3. The van der Waals surface area contributed by atoms with E-state index in [1.165, 1.54) is 0 Å². The van der Waals surface area contributed by atoms with Gasteiger partial charge in [-0.05, 0) is 31.4 Å². The van der Waals surface area contributed by atoms with Crippen molar-refractivity contribution in [3.8, 4) is 0 Å². The van der Waals surface area contributed by atoms with Crippen molar-refractivity contribution >= 4 is 11.8 Å². The molecule has 0 spiro atoms. The first kappa shape index (κ1) is 20.1. The molecule has 28 heavy (non-hydrogen) atoms. The lowest BCUT2D eigenvalue weighted by Crippen LogP contribution is -2.50. The summed E-state index contributed by atoms with van der Waals surface area (Å²) >= 11 is 0. The van der Waals surface area contributed by atoms with E-state index < -0.39 is 0 Å². The summed E-state index contributed by atoms with van der Waals surface area (Å²) in [5.74, 6) is -0.0354. The molecule has 3 rings (SSSR count). The molecule has 2 heterocycles. The molecule has 1 N–H and O–H groups in total. The lowest BCUT2D eigenvalue weighted by atomic mass is 10.1. The Balaban J connectivity index is 1.46. The molecule has 1 aliphatic heterocycles. The minimum absolute atomic E-state index is 0.0160. The molecule has 0 saturated carbocycles. The normalized spacial score (nSPS) is 17.0. The van der Waals surface area contributed by atoms with Crippen LogP contribution in [-0.2, 0) is 34.3 Å². The number of nitrogens with zero attached hydrogens (tertiary/aromatic N) is 3. The molecule has 0 aliphatic carbocycles. The lowest BCUT2D eigenvalue weighted by Gasteiger charge is -2.33. The third kappa shape index (κ3) is 4.98. The standard InChI is InChI=1S/C21H28N4O3/c1-15-19(16(2)24(3)23-15)9-10-20(26)22-11-18-13-25(21(27)14-28-18)12-17-7-5-4-6-8-17/h4-8,18H,9-14H2,1-3H3,(H,22,26). The number of benzene rings is 1. The van der Waals surface area contributed by atoms with Gasteiger partial charge in [-0.2, -0.15) is 5.10 Å². The number of carbonyl (C=O) groups is 2.